The Hall–Kier alpha value is -4.53. The van der Waals surface area contributed by atoms with Crippen molar-refractivity contribution in [2.75, 3.05) is 5.32 Å². The number of nitrogens with one attached hydrogen (secondary N) is 1. The van der Waals surface area contributed by atoms with Crippen LogP contribution in [0.15, 0.2) is 73.8 Å². The van der Waals surface area contributed by atoms with Crippen LogP contribution in [-0.2, 0) is 11.3 Å². The fraction of sp³-hybridized carbons (Fsp3) is 0.0870. The quantitative estimate of drug-likeness (QED) is 0.462. The number of imidazole rings is 1. The number of pyridine rings is 3. The summed E-state index contributed by atoms with van der Waals surface area (Å²) < 4.78 is 1.79. The highest BCUT2D eigenvalue weighted by atomic mass is 16.2. The molecule has 5 heterocycles. The summed E-state index contributed by atoms with van der Waals surface area (Å²) >= 11 is 0. The second-order valence-electron chi connectivity index (χ2n) is 7.16. The van der Waals surface area contributed by atoms with E-state index >= 15 is 0 Å². The third kappa shape index (κ3) is 3.91. The number of carbonyl (C=O) groups is 1. The molecular weight excluding hydrogens is 404 g/mol. The van der Waals surface area contributed by atoms with E-state index in [2.05, 4.69) is 35.2 Å². The van der Waals surface area contributed by atoms with Crippen LogP contribution in [0.3, 0.4) is 0 Å². The summed E-state index contributed by atoms with van der Waals surface area (Å²) in [6.07, 6.45) is 11.7. The van der Waals surface area contributed by atoms with Crippen molar-refractivity contribution < 1.29 is 4.79 Å². The maximum Gasteiger partial charge on any atom is 0.245 e. The average molecular weight is 422 g/mol. The van der Waals surface area contributed by atoms with Crippen LogP contribution in [-0.4, -0.2) is 40.4 Å². The van der Waals surface area contributed by atoms with E-state index in [-0.39, 0.29) is 12.5 Å². The van der Waals surface area contributed by atoms with Crippen molar-refractivity contribution in [3.8, 4) is 22.5 Å². The molecule has 5 aromatic heterocycles. The number of nitrogens with zero attached hydrogens (tertiary/aromatic N) is 7. The predicted octanol–water partition coefficient (Wildman–Crippen LogP) is 3.29. The van der Waals surface area contributed by atoms with E-state index in [1.165, 1.54) is 0 Å². The summed E-state index contributed by atoms with van der Waals surface area (Å²) in [7, 11) is 0. The molecule has 9 nitrogen and oxygen atoms in total. The molecule has 0 saturated heterocycles. The normalized spacial score (nSPS) is 10.9. The van der Waals surface area contributed by atoms with E-state index in [1.807, 2.05) is 31.2 Å². The number of anilines is 1. The second kappa shape index (κ2) is 8.31. The Balaban J connectivity index is 1.34. The van der Waals surface area contributed by atoms with Gasteiger partial charge in [0.1, 0.15) is 17.9 Å². The van der Waals surface area contributed by atoms with Crippen LogP contribution in [0.1, 0.15) is 5.69 Å². The first-order valence-electron chi connectivity index (χ1n) is 9.92. The zero-order valence-corrected chi connectivity index (χ0v) is 17.2. The minimum Gasteiger partial charge on any atom is -0.321 e. The van der Waals surface area contributed by atoms with E-state index in [0.29, 0.717) is 5.82 Å². The summed E-state index contributed by atoms with van der Waals surface area (Å²) in [6, 6.07) is 9.29. The van der Waals surface area contributed by atoms with Crippen molar-refractivity contribution in [1.82, 2.24) is 34.5 Å². The second-order valence-corrected chi connectivity index (χ2v) is 7.16. The van der Waals surface area contributed by atoms with Crippen LogP contribution in [0.5, 0.6) is 0 Å². The molecular formula is C23H18N8O. The smallest absolute Gasteiger partial charge is 0.245 e. The predicted molar refractivity (Wildman–Crippen MR) is 119 cm³/mol. The van der Waals surface area contributed by atoms with Gasteiger partial charge in [0.25, 0.3) is 0 Å². The van der Waals surface area contributed by atoms with Crippen molar-refractivity contribution in [1.29, 1.82) is 0 Å². The molecule has 156 valence electrons. The van der Waals surface area contributed by atoms with E-state index in [1.54, 1.807) is 54.1 Å². The first-order valence-corrected chi connectivity index (χ1v) is 9.92. The van der Waals surface area contributed by atoms with Gasteiger partial charge in [-0.15, -0.1) is 0 Å². The lowest BCUT2D eigenvalue weighted by Crippen LogP contribution is -2.18. The van der Waals surface area contributed by atoms with Crippen LogP contribution in [0.25, 0.3) is 33.5 Å². The number of hydrogen-bond donors (Lipinski definition) is 1. The highest BCUT2D eigenvalue weighted by Crippen LogP contribution is 2.25. The highest BCUT2D eigenvalue weighted by Gasteiger charge is 2.13. The molecule has 5 aromatic rings. The van der Waals surface area contributed by atoms with Crippen molar-refractivity contribution in [2.24, 2.45) is 0 Å². The average Bonchev–Trinajstić information content (AvgIpc) is 3.23. The van der Waals surface area contributed by atoms with Crippen molar-refractivity contribution in [3.05, 3.63) is 79.5 Å². The minimum atomic E-state index is -0.206. The van der Waals surface area contributed by atoms with Gasteiger partial charge in [0, 0.05) is 47.8 Å². The lowest BCUT2D eigenvalue weighted by atomic mass is 10.1. The minimum absolute atomic E-state index is 0.100. The van der Waals surface area contributed by atoms with Crippen LogP contribution in [0.4, 0.5) is 5.82 Å². The first-order chi connectivity index (χ1) is 15.7. The van der Waals surface area contributed by atoms with Gasteiger partial charge in [-0.25, -0.2) is 9.97 Å². The fourth-order valence-corrected chi connectivity index (χ4v) is 3.43. The zero-order chi connectivity index (χ0) is 21.9. The van der Waals surface area contributed by atoms with Gasteiger partial charge in [-0.3, -0.25) is 24.7 Å². The molecule has 0 unspecified atom stereocenters. The number of amides is 1. The molecule has 0 radical (unpaired) electrons. The Morgan fingerprint density at radius 2 is 1.81 bits per heavy atom. The maximum atomic E-state index is 12.6. The van der Waals surface area contributed by atoms with E-state index in [4.69, 9.17) is 0 Å². The molecule has 0 aliphatic carbocycles. The van der Waals surface area contributed by atoms with Gasteiger partial charge in [0.15, 0.2) is 0 Å². The molecule has 0 aliphatic heterocycles. The Morgan fingerprint density at radius 3 is 2.59 bits per heavy atom. The van der Waals surface area contributed by atoms with E-state index in [0.717, 1.165) is 39.2 Å². The molecule has 32 heavy (non-hydrogen) atoms. The molecule has 5 rings (SSSR count). The van der Waals surface area contributed by atoms with Crippen LogP contribution in [0.2, 0.25) is 0 Å². The zero-order valence-electron chi connectivity index (χ0n) is 17.2. The van der Waals surface area contributed by atoms with Gasteiger partial charge < -0.3 is 9.88 Å². The number of aryl methyl sites for hydroxylation is 1. The van der Waals surface area contributed by atoms with Crippen LogP contribution < -0.4 is 5.32 Å². The van der Waals surface area contributed by atoms with Gasteiger partial charge in [0.2, 0.25) is 5.91 Å². The summed E-state index contributed by atoms with van der Waals surface area (Å²) in [5.41, 5.74) is 5.69. The molecule has 0 aliphatic rings. The topological polar surface area (TPSA) is 111 Å². The lowest BCUT2D eigenvalue weighted by molar-refractivity contribution is -0.116. The number of rotatable bonds is 5. The van der Waals surface area contributed by atoms with Gasteiger partial charge in [-0.2, -0.15) is 0 Å². The molecule has 0 bridgehead atoms. The van der Waals surface area contributed by atoms with E-state index < -0.39 is 0 Å². The molecule has 1 amide bonds. The summed E-state index contributed by atoms with van der Waals surface area (Å²) in [5, 5.41) is 2.82. The van der Waals surface area contributed by atoms with Crippen molar-refractivity contribution in [3.63, 3.8) is 0 Å². The van der Waals surface area contributed by atoms with Crippen LogP contribution in [0, 0.1) is 6.92 Å². The van der Waals surface area contributed by atoms with Crippen molar-refractivity contribution in [2.45, 2.75) is 13.5 Å². The van der Waals surface area contributed by atoms with Crippen LogP contribution >= 0.6 is 0 Å². The maximum absolute atomic E-state index is 12.6. The summed E-state index contributed by atoms with van der Waals surface area (Å²) in [6.45, 7) is 2.03. The Labute approximate surface area is 183 Å². The lowest BCUT2D eigenvalue weighted by Gasteiger charge is -2.08. The Bertz CT molecular complexity index is 1400. The molecule has 0 spiro atoms. The SMILES string of the molecule is Cc1cc(-c2nccc3c2ncn3CC(=O)Nc2ccc(-c3cnccn3)cn2)ccn1. The number of fused-ring (bicyclic) bond motifs is 1. The van der Waals surface area contributed by atoms with Gasteiger partial charge in [0.05, 0.1) is 29.4 Å². The number of aromatic nitrogens is 7. The van der Waals surface area contributed by atoms with Gasteiger partial charge in [-0.05, 0) is 37.3 Å². The fourth-order valence-electron chi connectivity index (χ4n) is 3.43. The molecule has 0 fully saturated rings. The van der Waals surface area contributed by atoms with Crippen molar-refractivity contribution >= 4 is 22.8 Å². The Kier molecular flexibility index (Phi) is 5.04. The molecule has 9 heteroatoms. The first kappa shape index (κ1) is 19.4. The number of hydrogen-bond acceptors (Lipinski definition) is 7. The highest BCUT2D eigenvalue weighted by molar-refractivity contribution is 5.93. The molecule has 0 saturated carbocycles. The van der Waals surface area contributed by atoms with Gasteiger partial charge >= 0.3 is 0 Å². The largest absolute Gasteiger partial charge is 0.321 e. The standard InChI is InChI=1S/C23H18N8O/c1-15-10-16(4-6-25-15)22-23-19(5-7-27-22)31(14-29-23)13-21(32)30-20-3-2-17(11-28-20)18-12-24-8-9-26-18/h2-12,14H,13H2,1H3,(H,28,30,32). The molecule has 1 N–H and O–H groups in total. The third-order valence-corrected chi connectivity index (χ3v) is 4.91. The third-order valence-electron chi connectivity index (χ3n) is 4.91. The summed E-state index contributed by atoms with van der Waals surface area (Å²) in [4.78, 5) is 38.5. The van der Waals surface area contributed by atoms with E-state index in [9.17, 15) is 4.79 Å². The monoisotopic (exact) mass is 422 g/mol. The van der Waals surface area contributed by atoms with Gasteiger partial charge in [-0.1, -0.05) is 0 Å². The number of carbonyl (C=O) groups excluding carboxylic acids is 1. The summed E-state index contributed by atoms with van der Waals surface area (Å²) in [5.74, 6) is 0.254. The molecule has 0 aromatic carbocycles. The molecule has 0 atom stereocenters. The Morgan fingerprint density at radius 1 is 0.906 bits per heavy atom.